The number of rotatable bonds is 6. The van der Waals surface area contributed by atoms with E-state index in [9.17, 15) is 9.59 Å². The fourth-order valence-electron chi connectivity index (χ4n) is 2.87. The first-order valence-corrected chi connectivity index (χ1v) is 8.74. The highest BCUT2D eigenvalue weighted by Crippen LogP contribution is 2.17. The van der Waals surface area contributed by atoms with Gasteiger partial charge in [-0.15, -0.1) is 0 Å². The molecule has 1 saturated heterocycles. The van der Waals surface area contributed by atoms with E-state index in [0.717, 1.165) is 30.6 Å². The molecule has 1 heterocycles. The Hall–Kier alpha value is -2.08. The third-order valence-electron chi connectivity index (χ3n) is 4.45. The van der Waals surface area contributed by atoms with Crippen LogP contribution in [-0.2, 0) is 4.79 Å². The number of benzene rings is 1. The van der Waals surface area contributed by atoms with Crippen molar-refractivity contribution in [3.05, 3.63) is 29.8 Å². The molecule has 0 aliphatic carbocycles. The number of hydrogen-bond donors (Lipinski definition) is 3. The van der Waals surface area contributed by atoms with E-state index in [2.05, 4.69) is 16.0 Å². The van der Waals surface area contributed by atoms with Crippen molar-refractivity contribution in [3.8, 4) is 0 Å². The van der Waals surface area contributed by atoms with Crippen LogP contribution in [0.4, 0.5) is 10.5 Å². The Morgan fingerprint density at radius 1 is 1.25 bits per heavy atom. The molecule has 24 heavy (non-hydrogen) atoms. The molecule has 0 bridgehead atoms. The Morgan fingerprint density at radius 3 is 2.46 bits per heavy atom. The minimum atomic E-state index is -0.0959. The highest BCUT2D eigenvalue weighted by Gasteiger charge is 2.23. The van der Waals surface area contributed by atoms with Gasteiger partial charge in [0.15, 0.2) is 0 Å². The molecule has 0 spiro atoms. The van der Waals surface area contributed by atoms with E-state index in [1.54, 1.807) is 4.90 Å². The number of hydrogen-bond acceptors (Lipinski definition) is 3. The van der Waals surface area contributed by atoms with Crippen LogP contribution in [0.15, 0.2) is 24.3 Å². The van der Waals surface area contributed by atoms with E-state index in [4.69, 9.17) is 0 Å². The van der Waals surface area contributed by atoms with Crippen LogP contribution in [0.5, 0.6) is 0 Å². The number of anilines is 1. The van der Waals surface area contributed by atoms with Crippen molar-refractivity contribution in [3.63, 3.8) is 0 Å². The number of urea groups is 1. The molecule has 0 radical (unpaired) electrons. The Morgan fingerprint density at radius 2 is 1.92 bits per heavy atom. The predicted molar refractivity (Wildman–Crippen MR) is 96.0 cm³/mol. The fraction of sp³-hybridized carbons (Fsp3) is 0.556. The van der Waals surface area contributed by atoms with Gasteiger partial charge in [-0.25, -0.2) is 4.79 Å². The summed E-state index contributed by atoms with van der Waals surface area (Å²) in [5, 5.41) is 9.12. The molecular formula is C18H28N4O2. The van der Waals surface area contributed by atoms with E-state index >= 15 is 0 Å². The van der Waals surface area contributed by atoms with E-state index in [1.807, 2.05) is 45.0 Å². The van der Waals surface area contributed by atoms with Crippen molar-refractivity contribution >= 4 is 17.6 Å². The van der Waals surface area contributed by atoms with Crippen molar-refractivity contribution in [1.82, 2.24) is 15.5 Å². The van der Waals surface area contributed by atoms with Crippen LogP contribution in [0.25, 0.3) is 0 Å². The summed E-state index contributed by atoms with van der Waals surface area (Å²) in [5.74, 6) is 0.0545. The second-order valence-electron chi connectivity index (χ2n) is 6.10. The van der Waals surface area contributed by atoms with Gasteiger partial charge in [0.25, 0.3) is 0 Å². The maximum Gasteiger partial charge on any atom is 0.321 e. The zero-order chi connectivity index (χ0) is 17.5. The first-order chi connectivity index (χ1) is 11.5. The normalized spacial score (nSPS) is 18.0. The molecule has 132 valence electrons. The number of carbonyl (C=O) groups excluding carboxylic acids is 2. The summed E-state index contributed by atoms with van der Waals surface area (Å²) in [6.07, 6.45) is 1.95. The lowest BCUT2D eigenvalue weighted by Crippen LogP contribution is -2.41. The zero-order valence-corrected chi connectivity index (χ0v) is 14.8. The highest BCUT2D eigenvalue weighted by atomic mass is 16.2. The van der Waals surface area contributed by atoms with E-state index in [1.165, 1.54) is 0 Å². The van der Waals surface area contributed by atoms with Crippen molar-refractivity contribution in [2.75, 3.05) is 25.0 Å². The van der Waals surface area contributed by atoms with Crippen LogP contribution in [-0.4, -0.2) is 42.5 Å². The summed E-state index contributed by atoms with van der Waals surface area (Å²) < 4.78 is 0. The summed E-state index contributed by atoms with van der Waals surface area (Å²) in [5.41, 5.74) is 1.77. The van der Waals surface area contributed by atoms with Crippen LogP contribution in [0.2, 0.25) is 0 Å². The Balaban J connectivity index is 1.90. The summed E-state index contributed by atoms with van der Waals surface area (Å²) >= 11 is 0. The molecule has 1 fully saturated rings. The molecule has 3 amide bonds. The Labute approximate surface area is 144 Å². The minimum absolute atomic E-state index is 0.0545. The number of nitrogens with one attached hydrogen (secondary N) is 3. The second kappa shape index (κ2) is 8.68. The number of amides is 3. The minimum Gasteiger partial charge on any atom is -0.348 e. The maximum absolute atomic E-state index is 12.1. The van der Waals surface area contributed by atoms with Crippen LogP contribution >= 0.6 is 0 Å². The third-order valence-corrected chi connectivity index (χ3v) is 4.45. The molecule has 0 aromatic heterocycles. The smallest absolute Gasteiger partial charge is 0.321 e. The average Bonchev–Trinajstić information content (AvgIpc) is 3.11. The van der Waals surface area contributed by atoms with E-state index in [0.29, 0.717) is 13.1 Å². The Bertz CT molecular complexity index is 549. The molecule has 1 aliphatic rings. The second-order valence-corrected chi connectivity index (χ2v) is 6.10. The van der Waals surface area contributed by atoms with Gasteiger partial charge in [0.05, 0.1) is 12.1 Å². The van der Waals surface area contributed by atoms with E-state index in [-0.39, 0.29) is 24.0 Å². The monoisotopic (exact) mass is 332 g/mol. The first kappa shape index (κ1) is 18.3. The number of carbonyl (C=O) groups is 2. The van der Waals surface area contributed by atoms with Gasteiger partial charge < -0.3 is 20.9 Å². The summed E-state index contributed by atoms with van der Waals surface area (Å²) in [6.45, 7) is 8.15. The lowest BCUT2D eigenvalue weighted by Gasteiger charge is -2.20. The van der Waals surface area contributed by atoms with Crippen LogP contribution in [0.3, 0.4) is 0 Å². The van der Waals surface area contributed by atoms with Gasteiger partial charge in [-0.1, -0.05) is 12.1 Å². The van der Waals surface area contributed by atoms with Gasteiger partial charge in [-0.3, -0.25) is 4.79 Å². The summed E-state index contributed by atoms with van der Waals surface area (Å²) in [7, 11) is 0. The molecule has 2 rings (SSSR count). The van der Waals surface area contributed by atoms with Crippen molar-refractivity contribution in [2.24, 2.45) is 0 Å². The molecule has 1 aliphatic heterocycles. The topological polar surface area (TPSA) is 73.5 Å². The summed E-state index contributed by atoms with van der Waals surface area (Å²) in [4.78, 5) is 25.9. The van der Waals surface area contributed by atoms with Crippen molar-refractivity contribution in [2.45, 2.75) is 45.7 Å². The van der Waals surface area contributed by atoms with Gasteiger partial charge in [-0.05, 0) is 57.9 Å². The Kier molecular flexibility index (Phi) is 6.61. The van der Waals surface area contributed by atoms with Crippen LogP contribution in [0, 0.1) is 0 Å². The SMILES string of the molecule is CCN(CC)C(=O)Nc1ccc(C(C)NC(=O)C2CCCN2)cc1. The van der Waals surface area contributed by atoms with Gasteiger partial charge >= 0.3 is 6.03 Å². The molecule has 1 aromatic carbocycles. The highest BCUT2D eigenvalue weighted by molar-refractivity contribution is 5.89. The zero-order valence-electron chi connectivity index (χ0n) is 14.8. The maximum atomic E-state index is 12.1. The van der Waals surface area contributed by atoms with Gasteiger partial charge in [0.2, 0.25) is 5.91 Å². The van der Waals surface area contributed by atoms with Gasteiger partial charge in [0.1, 0.15) is 0 Å². The number of nitrogens with zero attached hydrogens (tertiary/aromatic N) is 1. The molecule has 3 N–H and O–H groups in total. The predicted octanol–water partition coefficient (Wildman–Crippen LogP) is 2.49. The van der Waals surface area contributed by atoms with Crippen LogP contribution < -0.4 is 16.0 Å². The largest absolute Gasteiger partial charge is 0.348 e. The lowest BCUT2D eigenvalue weighted by atomic mass is 10.1. The lowest BCUT2D eigenvalue weighted by molar-refractivity contribution is -0.123. The standard InChI is InChI=1S/C18H28N4O2/c1-4-22(5-2)18(24)21-15-10-8-14(9-11-15)13(3)20-17(23)16-7-6-12-19-16/h8-11,13,16,19H,4-7,12H2,1-3H3,(H,20,23)(H,21,24). The first-order valence-electron chi connectivity index (χ1n) is 8.74. The molecule has 6 heteroatoms. The fourth-order valence-corrected chi connectivity index (χ4v) is 2.87. The summed E-state index contributed by atoms with van der Waals surface area (Å²) in [6, 6.07) is 7.38. The van der Waals surface area contributed by atoms with Gasteiger partial charge in [-0.2, -0.15) is 0 Å². The van der Waals surface area contributed by atoms with Crippen molar-refractivity contribution < 1.29 is 9.59 Å². The van der Waals surface area contributed by atoms with Crippen molar-refractivity contribution in [1.29, 1.82) is 0 Å². The molecule has 1 aromatic rings. The van der Waals surface area contributed by atoms with E-state index < -0.39 is 0 Å². The molecule has 0 saturated carbocycles. The molecule has 2 atom stereocenters. The van der Waals surface area contributed by atoms with Crippen LogP contribution in [0.1, 0.15) is 45.2 Å². The molecule has 6 nitrogen and oxygen atoms in total. The van der Waals surface area contributed by atoms with Gasteiger partial charge in [0, 0.05) is 18.8 Å². The average molecular weight is 332 g/mol. The third kappa shape index (κ3) is 4.71. The quantitative estimate of drug-likeness (QED) is 0.749. The molecule has 2 unspecified atom stereocenters. The molecular weight excluding hydrogens is 304 g/mol.